The van der Waals surface area contributed by atoms with Crippen molar-refractivity contribution in [2.45, 2.75) is 25.7 Å². The number of nitrogens with zero attached hydrogens (tertiary/aromatic N) is 2. The summed E-state index contributed by atoms with van der Waals surface area (Å²) in [4.78, 5) is 58.7. The fourth-order valence-electron chi connectivity index (χ4n) is 7.76. The molecule has 1 saturated carbocycles. The number of phenolic OH excluding ortho intramolecular Hbond substituents is 1. The molecule has 0 aromatic heterocycles. The Morgan fingerprint density at radius 2 is 1.44 bits per heavy atom. The van der Waals surface area contributed by atoms with E-state index in [9.17, 15) is 24.3 Å². The number of carbonyl (C=O) groups is 4. The minimum Gasteiger partial charge on any atom is -0.508 e. The molecule has 206 valence electrons. The largest absolute Gasteiger partial charge is 0.508 e. The van der Waals surface area contributed by atoms with E-state index >= 15 is 0 Å². The first kappa shape index (κ1) is 26.1. The lowest BCUT2D eigenvalue weighted by Gasteiger charge is -2.49. The number of phenols is 1. The summed E-state index contributed by atoms with van der Waals surface area (Å²) in [5.74, 6) is -4.06. The van der Waals surface area contributed by atoms with Gasteiger partial charge in [-0.15, -0.1) is 0 Å². The summed E-state index contributed by atoms with van der Waals surface area (Å²) in [6.07, 6.45) is 2.63. The van der Waals surface area contributed by atoms with Crippen molar-refractivity contribution < 1.29 is 24.3 Å². The average molecular weight is 658 g/mol. The van der Waals surface area contributed by atoms with Gasteiger partial charge in [-0.1, -0.05) is 48.0 Å². The molecule has 0 bridgehead atoms. The van der Waals surface area contributed by atoms with Crippen LogP contribution in [0.5, 0.6) is 5.75 Å². The molecule has 2 saturated heterocycles. The van der Waals surface area contributed by atoms with E-state index in [1.807, 2.05) is 37.3 Å². The number of hydrogen-bond acceptors (Lipinski definition) is 5. The Morgan fingerprint density at radius 1 is 0.780 bits per heavy atom. The van der Waals surface area contributed by atoms with Gasteiger partial charge in [-0.3, -0.25) is 24.1 Å². The van der Waals surface area contributed by atoms with Gasteiger partial charge in [-0.25, -0.2) is 4.90 Å². The van der Waals surface area contributed by atoms with E-state index in [0.717, 1.165) is 9.14 Å². The van der Waals surface area contributed by atoms with E-state index in [-0.39, 0.29) is 35.8 Å². The number of carbonyl (C=O) groups excluding carboxylic acids is 4. The van der Waals surface area contributed by atoms with E-state index in [2.05, 4.69) is 22.6 Å². The predicted molar refractivity (Wildman–Crippen MR) is 161 cm³/mol. The highest BCUT2D eigenvalue weighted by atomic mass is 127. The van der Waals surface area contributed by atoms with Gasteiger partial charge in [-0.2, -0.15) is 0 Å². The van der Waals surface area contributed by atoms with Crippen molar-refractivity contribution >= 4 is 57.6 Å². The molecule has 3 fully saturated rings. The molecule has 4 aliphatic rings. The standard InChI is InChI=1S/C33H27IN2O5/c1-33-25(30(39)36(32(33)41)19-7-3-2-4-8-19)17-24-21(28(33)22-9-5-6-10-26(22)37)15-16-23-27(24)31(40)35(29(23)38)20-13-11-18(34)12-14-20/h2-15,23-25,27-28,37H,16-17H2,1H3/t23-,24+,25-,27-,28+,33+/m0/s1. The fraction of sp³-hybridized carbons (Fsp3) is 0.273. The third kappa shape index (κ3) is 3.62. The van der Waals surface area contributed by atoms with Crippen LogP contribution in [-0.4, -0.2) is 28.7 Å². The van der Waals surface area contributed by atoms with E-state index in [0.29, 0.717) is 23.4 Å². The van der Waals surface area contributed by atoms with Crippen molar-refractivity contribution in [1.82, 2.24) is 0 Å². The molecule has 41 heavy (non-hydrogen) atoms. The lowest BCUT2D eigenvalue weighted by molar-refractivity contribution is -0.131. The van der Waals surface area contributed by atoms with Gasteiger partial charge in [0, 0.05) is 15.1 Å². The van der Waals surface area contributed by atoms with Gasteiger partial charge in [-0.05, 0) is 90.7 Å². The predicted octanol–water partition coefficient (Wildman–Crippen LogP) is 5.43. The molecule has 4 amide bonds. The summed E-state index contributed by atoms with van der Waals surface area (Å²) < 4.78 is 0.997. The zero-order valence-corrected chi connectivity index (χ0v) is 24.4. The highest BCUT2D eigenvalue weighted by Gasteiger charge is 2.67. The van der Waals surface area contributed by atoms with Crippen LogP contribution < -0.4 is 9.80 Å². The third-order valence-corrected chi connectivity index (χ3v) is 10.3. The van der Waals surface area contributed by atoms with Crippen LogP contribution in [0.4, 0.5) is 11.4 Å². The van der Waals surface area contributed by atoms with Crippen LogP contribution in [0.3, 0.4) is 0 Å². The monoisotopic (exact) mass is 658 g/mol. The Bertz CT molecular complexity index is 1650. The zero-order chi connectivity index (χ0) is 28.6. The number of para-hydroxylation sites is 2. The minimum absolute atomic E-state index is 0.0360. The molecule has 2 aliphatic carbocycles. The first-order valence-corrected chi connectivity index (χ1v) is 14.9. The molecule has 7 rings (SSSR count). The number of allylic oxidation sites excluding steroid dienone is 2. The topological polar surface area (TPSA) is 95.0 Å². The number of fused-ring (bicyclic) bond motifs is 4. The molecule has 0 radical (unpaired) electrons. The second-order valence-electron chi connectivity index (χ2n) is 11.5. The van der Waals surface area contributed by atoms with Crippen LogP contribution >= 0.6 is 22.6 Å². The van der Waals surface area contributed by atoms with Crippen molar-refractivity contribution in [2.24, 2.45) is 29.1 Å². The maximum atomic E-state index is 14.3. The van der Waals surface area contributed by atoms with Gasteiger partial charge in [0.15, 0.2) is 0 Å². The van der Waals surface area contributed by atoms with E-state index in [1.165, 1.54) is 9.80 Å². The molecule has 0 spiro atoms. The number of hydrogen-bond donors (Lipinski definition) is 1. The fourth-order valence-corrected chi connectivity index (χ4v) is 8.12. The number of halogens is 1. The maximum Gasteiger partial charge on any atom is 0.241 e. The Kier molecular flexibility index (Phi) is 5.97. The lowest BCUT2D eigenvalue weighted by atomic mass is 9.51. The second kappa shape index (κ2) is 9.37. The summed E-state index contributed by atoms with van der Waals surface area (Å²) in [5, 5.41) is 11.1. The van der Waals surface area contributed by atoms with Gasteiger partial charge >= 0.3 is 0 Å². The number of imide groups is 2. The molecular formula is C33H27IN2O5. The molecule has 6 atom stereocenters. The zero-order valence-electron chi connectivity index (χ0n) is 22.2. The van der Waals surface area contributed by atoms with Crippen LogP contribution in [-0.2, 0) is 19.2 Å². The van der Waals surface area contributed by atoms with Crippen molar-refractivity contribution in [3.63, 3.8) is 0 Å². The van der Waals surface area contributed by atoms with Crippen molar-refractivity contribution in [3.05, 3.63) is 99.6 Å². The SMILES string of the molecule is C[C@@]12C(=O)N(c3ccccc3)C(=O)[C@@H]1C[C@@H]1C(=CC[C@@H]3C(=O)N(c4ccc(I)cc4)C(=O)[C@@H]31)[C@@H]2c1ccccc1O. The van der Waals surface area contributed by atoms with Crippen LogP contribution in [0.2, 0.25) is 0 Å². The first-order chi connectivity index (χ1) is 19.7. The highest BCUT2D eigenvalue weighted by Crippen LogP contribution is 2.64. The molecular weight excluding hydrogens is 631 g/mol. The molecule has 8 heteroatoms. The number of amides is 4. The number of rotatable bonds is 3. The molecule has 0 unspecified atom stereocenters. The normalized spacial score (nSPS) is 30.7. The van der Waals surface area contributed by atoms with Crippen LogP contribution in [0.15, 0.2) is 90.5 Å². The summed E-state index contributed by atoms with van der Waals surface area (Å²) in [5.41, 5.74) is 1.27. The smallest absolute Gasteiger partial charge is 0.241 e. The second-order valence-corrected chi connectivity index (χ2v) is 12.8. The Labute approximate surface area is 251 Å². The van der Waals surface area contributed by atoms with Crippen LogP contribution in [0.25, 0.3) is 0 Å². The Hall–Kier alpha value is -3.79. The molecule has 2 aliphatic heterocycles. The van der Waals surface area contributed by atoms with Crippen LogP contribution in [0.1, 0.15) is 31.2 Å². The van der Waals surface area contributed by atoms with Crippen molar-refractivity contribution in [2.75, 3.05) is 9.80 Å². The van der Waals surface area contributed by atoms with E-state index < -0.39 is 35.0 Å². The summed E-state index contributed by atoms with van der Waals surface area (Å²) in [7, 11) is 0. The summed E-state index contributed by atoms with van der Waals surface area (Å²) in [6, 6.07) is 23.1. The molecule has 7 nitrogen and oxygen atoms in total. The lowest BCUT2D eigenvalue weighted by Crippen LogP contribution is -2.48. The maximum absolute atomic E-state index is 14.3. The van der Waals surface area contributed by atoms with E-state index in [1.54, 1.807) is 54.6 Å². The Balaban J connectivity index is 1.37. The molecule has 3 aromatic rings. The third-order valence-electron chi connectivity index (χ3n) is 9.62. The van der Waals surface area contributed by atoms with Crippen molar-refractivity contribution in [3.8, 4) is 5.75 Å². The van der Waals surface area contributed by atoms with Gasteiger partial charge in [0.2, 0.25) is 23.6 Å². The number of aromatic hydroxyl groups is 1. The summed E-state index contributed by atoms with van der Waals surface area (Å²) in [6.45, 7) is 1.82. The van der Waals surface area contributed by atoms with Gasteiger partial charge in [0.05, 0.1) is 34.5 Å². The summed E-state index contributed by atoms with van der Waals surface area (Å²) >= 11 is 2.18. The average Bonchev–Trinajstić information content (AvgIpc) is 3.34. The van der Waals surface area contributed by atoms with Gasteiger partial charge < -0.3 is 5.11 Å². The highest BCUT2D eigenvalue weighted by molar-refractivity contribution is 14.1. The first-order valence-electron chi connectivity index (χ1n) is 13.8. The molecule has 2 heterocycles. The van der Waals surface area contributed by atoms with Crippen LogP contribution in [0, 0.1) is 32.7 Å². The number of anilines is 2. The minimum atomic E-state index is -1.18. The van der Waals surface area contributed by atoms with Crippen molar-refractivity contribution in [1.29, 1.82) is 0 Å². The van der Waals surface area contributed by atoms with Gasteiger partial charge in [0.1, 0.15) is 5.75 Å². The quantitative estimate of drug-likeness (QED) is 0.230. The van der Waals surface area contributed by atoms with Gasteiger partial charge in [0.25, 0.3) is 0 Å². The number of benzene rings is 3. The molecule has 3 aromatic carbocycles. The Morgan fingerprint density at radius 3 is 2.15 bits per heavy atom. The van der Waals surface area contributed by atoms with E-state index in [4.69, 9.17) is 0 Å². The molecule has 1 N–H and O–H groups in total.